The molecule has 2 heteroatoms. The average molecular weight is 211 g/mol. The zero-order chi connectivity index (χ0) is 11.3. The maximum Gasteiger partial charge on any atom is 0.0483 e. The fourth-order valence-corrected chi connectivity index (χ4v) is 2.13. The number of ether oxygens (including phenoxy) is 1. The molecule has 0 aliphatic carbocycles. The third-order valence-corrected chi connectivity index (χ3v) is 3.56. The van der Waals surface area contributed by atoms with Crippen molar-refractivity contribution in [2.45, 2.75) is 51.6 Å². The van der Waals surface area contributed by atoms with Crippen molar-refractivity contribution in [1.82, 2.24) is 5.32 Å². The molecule has 1 aliphatic heterocycles. The van der Waals surface area contributed by atoms with E-state index < -0.39 is 0 Å². The molecule has 1 saturated heterocycles. The molecule has 0 bridgehead atoms. The van der Waals surface area contributed by atoms with E-state index in [9.17, 15) is 0 Å². The molecule has 1 fully saturated rings. The van der Waals surface area contributed by atoms with Crippen molar-refractivity contribution in [3.05, 3.63) is 12.7 Å². The van der Waals surface area contributed by atoms with E-state index in [-0.39, 0.29) is 5.54 Å². The standard InChI is InChI=1S/C13H25NO/c1-5-6-11(2)12(3)14-13(4)7-9-15-10-8-13/h5,11-12,14H,1,6-10H2,2-4H3. The normalized spacial score (nSPS) is 24.5. The molecule has 2 nitrogen and oxygen atoms in total. The predicted octanol–water partition coefficient (Wildman–Crippen LogP) is 2.75. The Labute approximate surface area is 94.1 Å². The number of rotatable bonds is 5. The molecule has 0 aromatic rings. The third-order valence-electron chi connectivity index (χ3n) is 3.56. The summed E-state index contributed by atoms with van der Waals surface area (Å²) < 4.78 is 5.40. The summed E-state index contributed by atoms with van der Waals surface area (Å²) in [5.74, 6) is 0.655. The van der Waals surface area contributed by atoms with E-state index >= 15 is 0 Å². The second-order valence-corrected chi connectivity index (χ2v) is 5.11. The largest absolute Gasteiger partial charge is 0.381 e. The van der Waals surface area contributed by atoms with Gasteiger partial charge in [0.25, 0.3) is 0 Å². The minimum Gasteiger partial charge on any atom is -0.381 e. The summed E-state index contributed by atoms with van der Waals surface area (Å²) in [6.07, 6.45) is 5.34. The molecule has 2 atom stereocenters. The molecule has 0 amide bonds. The topological polar surface area (TPSA) is 21.3 Å². The second kappa shape index (κ2) is 5.66. The fraction of sp³-hybridized carbons (Fsp3) is 0.846. The minimum absolute atomic E-state index is 0.271. The van der Waals surface area contributed by atoms with Crippen LogP contribution in [-0.4, -0.2) is 24.8 Å². The van der Waals surface area contributed by atoms with Crippen LogP contribution in [-0.2, 0) is 4.74 Å². The van der Waals surface area contributed by atoms with Crippen LogP contribution >= 0.6 is 0 Å². The van der Waals surface area contributed by atoms with Gasteiger partial charge in [0.15, 0.2) is 0 Å². The summed E-state index contributed by atoms with van der Waals surface area (Å²) in [5.41, 5.74) is 0.271. The van der Waals surface area contributed by atoms with E-state index in [0.29, 0.717) is 12.0 Å². The number of hydrogen-bond donors (Lipinski definition) is 1. The lowest BCUT2D eigenvalue weighted by Crippen LogP contribution is -2.52. The molecule has 0 spiro atoms. The minimum atomic E-state index is 0.271. The van der Waals surface area contributed by atoms with Crippen LogP contribution in [0.15, 0.2) is 12.7 Å². The Balaban J connectivity index is 2.40. The average Bonchev–Trinajstić information content (AvgIpc) is 2.18. The molecular weight excluding hydrogens is 186 g/mol. The third kappa shape index (κ3) is 3.96. The second-order valence-electron chi connectivity index (χ2n) is 5.11. The smallest absolute Gasteiger partial charge is 0.0483 e. The van der Waals surface area contributed by atoms with Gasteiger partial charge in [-0.1, -0.05) is 13.0 Å². The number of hydrogen-bond acceptors (Lipinski definition) is 2. The van der Waals surface area contributed by atoms with Gasteiger partial charge in [-0.25, -0.2) is 0 Å². The zero-order valence-corrected chi connectivity index (χ0v) is 10.4. The van der Waals surface area contributed by atoms with Gasteiger partial charge in [0.05, 0.1) is 0 Å². The van der Waals surface area contributed by atoms with E-state index in [0.717, 1.165) is 32.5 Å². The van der Waals surface area contributed by atoms with Crippen molar-refractivity contribution < 1.29 is 4.74 Å². The Kier molecular flexibility index (Phi) is 4.81. The van der Waals surface area contributed by atoms with Crippen LogP contribution in [0.1, 0.15) is 40.0 Å². The van der Waals surface area contributed by atoms with Crippen LogP contribution < -0.4 is 5.32 Å². The molecule has 2 unspecified atom stereocenters. The zero-order valence-electron chi connectivity index (χ0n) is 10.4. The van der Waals surface area contributed by atoms with Gasteiger partial charge in [0.2, 0.25) is 0 Å². The molecule has 88 valence electrons. The first-order chi connectivity index (χ1) is 7.07. The van der Waals surface area contributed by atoms with Gasteiger partial charge in [0, 0.05) is 24.8 Å². The van der Waals surface area contributed by atoms with Crippen molar-refractivity contribution in [3.63, 3.8) is 0 Å². The molecular formula is C13H25NO. The Morgan fingerprint density at radius 1 is 1.40 bits per heavy atom. The molecule has 0 aromatic carbocycles. The Hall–Kier alpha value is -0.340. The SMILES string of the molecule is C=CCC(C)C(C)NC1(C)CCOCC1. The fourth-order valence-electron chi connectivity index (χ4n) is 2.13. The van der Waals surface area contributed by atoms with Crippen molar-refractivity contribution in [1.29, 1.82) is 0 Å². The quantitative estimate of drug-likeness (QED) is 0.706. The maximum atomic E-state index is 5.40. The summed E-state index contributed by atoms with van der Waals surface area (Å²) in [7, 11) is 0. The van der Waals surface area contributed by atoms with Crippen LogP contribution in [0.3, 0.4) is 0 Å². The van der Waals surface area contributed by atoms with Gasteiger partial charge in [-0.3, -0.25) is 0 Å². The first kappa shape index (κ1) is 12.7. The molecule has 1 rings (SSSR count). The van der Waals surface area contributed by atoms with E-state index in [4.69, 9.17) is 4.74 Å². The first-order valence-corrected chi connectivity index (χ1v) is 6.04. The highest BCUT2D eigenvalue weighted by molar-refractivity contribution is 4.89. The summed E-state index contributed by atoms with van der Waals surface area (Å²) in [6, 6.07) is 0.547. The first-order valence-electron chi connectivity index (χ1n) is 6.04. The van der Waals surface area contributed by atoms with Crippen molar-refractivity contribution in [2.24, 2.45) is 5.92 Å². The Morgan fingerprint density at radius 2 is 2.00 bits per heavy atom. The molecule has 1 N–H and O–H groups in total. The van der Waals surface area contributed by atoms with Crippen molar-refractivity contribution >= 4 is 0 Å². The van der Waals surface area contributed by atoms with Crippen LogP contribution in [0.4, 0.5) is 0 Å². The highest BCUT2D eigenvalue weighted by Crippen LogP contribution is 2.22. The highest BCUT2D eigenvalue weighted by atomic mass is 16.5. The number of allylic oxidation sites excluding steroid dienone is 1. The molecule has 0 radical (unpaired) electrons. The number of nitrogens with one attached hydrogen (secondary N) is 1. The summed E-state index contributed by atoms with van der Waals surface area (Å²) in [5, 5.41) is 3.75. The van der Waals surface area contributed by atoms with Crippen LogP contribution in [0.5, 0.6) is 0 Å². The maximum absolute atomic E-state index is 5.40. The summed E-state index contributed by atoms with van der Waals surface area (Å²) >= 11 is 0. The van der Waals surface area contributed by atoms with Crippen LogP contribution in [0.2, 0.25) is 0 Å². The van der Waals surface area contributed by atoms with Gasteiger partial charge < -0.3 is 10.1 Å². The van der Waals surface area contributed by atoms with Crippen molar-refractivity contribution in [3.8, 4) is 0 Å². The lowest BCUT2D eigenvalue weighted by Gasteiger charge is -2.38. The van der Waals surface area contributed by atoms with Crippen molar-refractivity contribution in [2.75, 3.05) is 13.2 Å². The molecule has 1 aliphatic rings. The molecule has 0 saturated carbocycles. The predicted molar refractivity (Wildman–Crippen MR) is 65.0 cm³/mol. The lowest BCUT2D eigenvalue weighted by atomic mass is 9.89. The molecule has 15 heavy (non-hydrogen) atoms. The highest BCUT2D eigenvalue weighted by Gasteiger charge is 2.29. The van der Waals surface area contributed by atoms with Gasteiger partial charge in [-0.05, 0) is 39.0 Å². The van der Waals surface area contributed by atoms with E-state index in [1.807, 2.05) is 6.08 Å². The molecule has 0 aromatic heterocycles. The summed E-state index contributed by atoms with van der Waals surface area (Å²) in [4.78, 5) is 0. The molecule has 1 heterocycles. The van der Waals surface area contributed by atoms with E-state index in [1.165, 1.54) is 0 Å². The van der Waals surface area contributed by atoms with Crippen LogP contribution in [0.25, 0.3) is 0 Å². The monoisotopic (exact) mass is 211 g/mol. The van der Waals surface area contributed by atoms with Gasteiger partial charge in [0.1, 0.15) is 0 Å². The Bertz CT molecular complexity index is 197. The van der Waals surface area contributed by atoms with Gasteiger partial charge >= 0.3 is 0 Å². The van der Waals surface area contributed by atoms with E-state index in [1.54, 1.807) is 0 Å². The van der Waals surface area contributed by atoms with Gasteiger partial charge in [-0.2, -0.15) is 0 Å². The van der Waals surface area contributed by atoms with E-state index in [2.05, 4.69) is 32.7 Å². The lowest BCUT2D eigenvalue weighted by molar-refractivity contribution is 0.0386. The van der Waals surface area contributed by atoms with Crippen LogP contribution in [0, 0.1) is 5.92 Å². The Morgan fingerprint density at radius 3 is 2.53 bits per heavy atom. The van der Waals surface area contributed by atoms with Gasteiger partial charge in [-0.15, -0.1) is 6.58 Å². The summed E-state index contributed by atoms with van der Waals surface area (Å²) in [6.45, 7) is 12.5.